The first-order valence-electron chi connectivity index (χ1n) is 17.2. The molecule has 2 heterocycles. The standard InChI is InChI=1S/C18H29N3O3.C15H21N3O3.C5H10F2.2CH4/c1-12(2)8-15(7)11-21-17(23)19(9-13(3)4)16(22)20(18(21)24)10-14(5)6;1-10(2)7-16-13(19)17(8-11(3)4)15(21)18(14(16)20)9-12(5)6;1-4(6)3-5(2)7;;/h12,15H,3,5,8-11H2,1-2,4,6-7H3;1,3,5,7-9H2,2,4,6H3;4-5H,3H2,1-2H3;2*1H4. The van der Waals surface area contributed by atoms with Crippen molar-refractivity contribution in [2.75, 3.05) is 0 Å². The minimum Gasteiger partial charge on any atom is -0.248 e. The van der Waals surface area contributed by atoms with Crippen LogP contribution in [0.15, 0.2) is 89.5 Å². The van der Waals surface area contributed by atoms with Crippen molar-refractivity contribution in [3.05, 3.63) is 124 Å². The van der Waals surface area contributed by atoms with Gasteiger partial charge in [0, 0.05) is 13.0 Å². The van der Waals surface area contributed by atoms with Gasteiger partial charge in [0.2, 0.25) is 0 Å². The van der Waals surface area contributed by atoms with Gasteiger partial charge in [-0.25, -0.2) is 65.0 Å². The van der Waals surface area contributed by atoms with E-state index in [2.05, 4.69) is 46.7 Å². The number of nitrogens with zero attached hydrogens (tertiary/aromatic N) is 6. The van der Waals surface area contributed by atoms with Gasteiger partial charge >= 0.3 is 34.1 Å². The maximum absolute atomic E-state index is 12.7. The van der Waals surface area contributed by atoms with Crippen LogP contribution < -0.4 is 34.1 Å². The number of hydrogen-bond acceptors (Lipinski definition) is 6. The van der Waals surface area contributed by atoms with Gasteiger partial charge in [0.05, 0.1) is 32.7 Å². The third kappa shape index (κ3) is 17.9. The number of rotatable bonds is 16. The number of alkyl halides is 2. The zero-order chi connectivity index (χ0) is 40.8. The Bertz CT molecular complexity index is 1770. The molecule has 0 spiro atoms. The van der Waals surface area contributed by atoms with Crippen LogP contribution in [0.2, 0.25) is 0 Å². The zero-order valence-corrected chi connectivity index (χ0v) is 32.9. The molecule has 0 saturated heterocycles. The van der Waals surface area contributed by atoms with Gasteiger partial charge in [0.15, 0.2) is 0 Å². The van der Waals surface area contributed by atoms with Crippen molar-refractivity contribution < 1.29 is 8.78 Å². The summed E-state index contributed by atoms with van der Waals surface area (Å²) >= 11 is 0. The van der Waals surface area contributed by atoms with Crippen LogP contribution in [0.4, 0.5) is 8.78 Å². The topological polar surface area (TPSA) is 132 Å². The lowest BCUT2D eigenvalue weighted by molar-refractivity contribution is 0.246. The van der Waals surface area contributed by atoms with E-state index in [1.54, 1.807) is 34.6 Å². The fourth-order valence-corrected chi connectivity index (χ4v) is 5.19. The maximum Gasteiger partial charge on any atom is 0.336 e. The molecule has 0 fully saturated rings. The molecule has 12 nitrogen and oxygen atoms in total. The average molecular weight is 767 g/mol. The summed E-state index contributed by atoms with van der Waals surface area (Å²) in [4.78, 5) is 74.8. The first-order chi connectivity index (χ1) is 23.8. The van der Waals surface area contributed by atoms with E-state index in [0.29, 0.717) is 40.3 Å². The van der Waals surface area contributed by atoms with Crippen LogP contribution in [0.5, 0.6) is 0 Å². The Morgan fingerprint density at radius 3 is 0.796 bits per heavy atom. The van der Waals surface area contributed by atoms with Crippen molar-refractivity contribution in [3.8, 4) is 0 Å². The molecule has 0 radical (unpaired) electrons. The molecule has 3 atom stereocenters. The molecule has 14 heteroatoms. The molecule has 0 aliphatic heterocycles. The molecule has 3 unspecified atom stereocenters. The summed E-state index contributed by atoms with van der Waals surface area (Å²) < 4.78 is 29.8. The fourth-order valence-electron chi connectivity index (χ4n) is 5.19. The van der Waals surface area contributed by atoms with E-state index >= 15 is 0 Å². The molecule has 54 heavy (non-hydrogen) atoms. The van der Waals surface area contributed by atoms with E-state index in [1.165, 1.54) is 18.4 Å². The fraction of sp³-hybridized carbons (Fsp3) is 0.600. The van der Waals surface area contributed by atoms with Crippen molar-refractivity contribution in [2.45, 2.75) is 149 Å². The van der Waals surface area contributed by atoms with Crippen LogP contribution in [0.1, 0.15) is 96.9 Å². The van der Waals surface area contributed by atoms with Gasteiger partial charge in [-0.3, -0.25) is 0 Å². The van der Waals surface area contributed by atoms with E-state index in [0.717, 1.165) is 29.3 Å². The molecule has 0 saturated carbocycles. The molecule has 0 aromatic carbocycles. The van der Waals surface area contributed by atoms with E-state index in [4.69, 9.17) is 0 Å². The molecule has 308 valence electrons. The number of halogens is 2. The predicted molar refractivity (Wildman–Crippen MR) is 220 cm³/mol. The molecule has 0 N–H and O–H groups in total. The van der Waals surface area contributed by atoms with Crippen molar-refractivity contribution in [1.29, 1.82) is 0 Å². The molecule has 2 rings (SSSR count). The van der Waals surface area contributed by atoms with Crippen LogP contribution in [-0.2, 0) is 39.3 Å². The lowest BCUT2D eigenvalue weighted by Gasteiger charge is -2.18. The Morgan fingerprint density at radius 1 is 0.444 bits per heavy atom. The molecular formula is C40H68F2N6O6. The summed E-state index contributed by atoms with van der Waals surface area (Å²) in [5, 5.41) is 0. The number of hydrogen-bond donors (Lipinski definition) is 0. The van der Waals surface area contributed by atoms with Crippen molar-refractivity contribution in [2.24, 2.45) is 11.8 Å². The van der Waals surface area contributed by atoms with Crippen LogP contribution in [0, 0.1) is 11.8 Å². The lowest BCUT2D eigenvalue weighted by Crippen LogP contribution is -2.55. The summed E-state index contributed by atoms with van der Waals surface area (Å²) in [5.41, 5.74) is -0.374. The van der Waals surface area contributed by atoms with E-state index in [1.807, 2.05) is 6.92 Å². The molecule has 0 aliphatic rings. The van der Waals surface area contributed by atoms with Gasteiger partial charge < -0.3 is 0 Å². The highest BCUT2D eigenvalue weighted by Crippen LogP contribution is 2.11. The second-order valence-electron chi connectivity index (χ2n) is 14.6. The summed E-state index contributed by atoms with van der Waals surface area (Å²) in [6, 6.07) is 0. The number of aromatic nitrogens is 6. The minimum atomic E-state index is -1.00. The zero-order valence-electron chi connectivity index (χ0n) is 32.9. The molecule has 2 aromatic rings. The lowest BCUT2D eigenvalue weighted by atomic mass is 9.99. The van der Waals surface area contributed by atoms with Gasteiger partial charge in [-0.2, -0.15) is 0 Å². The van der Waals surface area contributed by atoms with Crippen LogP contribution >= 0.6 is 0 Å². The highest BCUT2D eigenvalue weighted by Gasteiger charge is 2.18. The summed E-state index contributed by atoms with van der Waals surface area (Å²) in [6.45, 7) is 36.9. The predicted octanol–water partition coefficient (Wildman–Crippen LogP) is 6.27. The third-order valence-corrected chi connectivity index (χ3v) is 6.93. The molecule has 0 aliphatic carbocycles. The third-order valence-electron chi connectivity index (χ3n) is 6.93. The molecule has 0 amide bonds. The van der Waals surface area contributed by atoms with Crippen LogP contribution in [0.25, 0.3) is 0 Å². The van der Waals surface area contributed by atoms with Crippen LogP contribution in [-0.4, -0.2) is 39.7 Å². The number of allylic oxidation sites excluding steroid dienone is 5. The first-order valence-corrected chi connectivity index (χ1v) is 17.2. The summed E-state index contributed by atoms with van der Waals surface area (Å²) in [5.74, 6) is 0.624. The largest absolute Gasteiger partial charge is 0.336 e. The van der Waals surface area contributed by atoms with E-state index in [9.17, 15) is 37.5 Å². The molecule has 0 bridgehead atoms. The van der Waals surface area contributed by atoms with Gasteiger partial charge in [0.1, 0.15) is 12.3 Å². The maximum atomic E-state index is 12.7. The Hall–Kier alpha value is -4.62. The Balaban J connectivity index is -0.000000798. The van der Waals surface area contributed by atoms with Gasteiger partial charge in [0.25, 0.3) is 0 Å². The minimum absolute atomic E-state index is 0. The quantitative estimate of drug-likeness (QED) is 0.185. The van der Waals surface area contributed by atoms with Crippen molar-refractivity contribution >= 4 is 0 Å². The normalized spacial score (nSPS) is 12.0. The van der Waals surface area contributed by atoms with E-state index < -0.39 is 46.5 Å². The first kappa shape index (κ1) is 53.7. The SMILES string of the molecule is C.C.C=C(C)Cn1c(=O)n(CC(=C)C)c(=O)n(CC(=C)C)c1=O.C=C(C)Cn1c(=O)n(CC(=C)C)c(=O)n(CC(C)CC(C)C)c1=O.CC(F)CC(C)F. The summed E-state index contributed by atoms with van der Waals surface area (Å²) in [6.07, 6.45) is -1.08. The average Bonchev–Trinajstić information content (AvgIpc) is 2.97. The summed E-state index contributed by atoms with van der Waals surface area (Å²) in [7, 11) is 0. The van der Waals surface area contributed by atoms with Crippen molar-refractivity contribution in [3.63, 3.8) is 0 Å². The highest BCUT2D eigenvalue weighted by atomic mass is 19.1. The van der Waals surface area contributed by atoms with Gasteiger partial charge in [-0.1, -0.05) is 96.4 Å². The Morgan fingerprint density at radius 2 is 0.648 bits per heavy atom. The second kappa shape index (κ2) is 24.6. The smallest absolute Gasteiger partial charge is 0.248 e. The van der Waals surface area contributed by atoms with E-state index in [-0.39, 0.29) is 59.9 Å². The Kier molecular flexibility index (Phi) is 24.5. The highest BCUT2D eigenvalue weighted by molar-refractivity contribution is 4.97. The molecular weight excluding hydrogens is 698 g/mol. The van der Waals surface area contributed by atoms with Crippen molar-refractivity contribution in [1.82, 2.24) is 27.4 Å². The Labute approximate surface area is 319 Å². The van der Waals surface area contributed by atoms with Gasteiger partial charge in [-0.05, 0) is 66.7 Å². The van der Waals surface area contributed by atoms with Crippen LogP contribution in [0.3, 0.4) is 0 Å². The monoisotopic (exact) mass is 767 g/mol. The molecule has 2 aromatic heterocycles. The second-order valence-corrected chi connectivity index (χ2v) is 14.6. The van der Waals surface area contributed by atoms with Gasteiger partial charge in [-0.15, -0.1) is 0 Å².